The zero-order chi connectivity index (χ0) is 18.3. The van der Waals surface area contributed by atoms with Gasteiger partial charge in [-0.3, -0.25) is 4.90 Å². The van der Waals surface area contributed by atoms with E-state index in [9.17, 15) is 9.59 Å². The van der Waals surface area contributed by atoms with Crippen LogP contribution in [0.3, 0.4) is 0 Å². The van der Waals surface area contributed by atoms with Gasteiger partial charge in [-0.2, -0.15) is 0 Å². The third-order valence-electron chi connectivity index (χ3n) is 3.40. The lowest BCUT2D eigenvalue weighted by atomic mass is 10.0. The summed E-state index contributed by atoms with van der Waals surface area (Å²) in [7, 11) is 0. The molecule has 0 aromatic heterocycles. The van der Waals surface area contributed by atoms with Crippen LogP contribution < -0.4 is 0 Å². The molecule has 5 nitrogen and oxygen atoms in total. The van der Waals surface area contributed by atoms with Crippen LogP contribution in [-0.2, 0) is 20.9 Å². The Hall–Kier alpha value is -2.04. The molecule has 5 heteroatoms. The molecule has 1 aromatic rings. The first-order valence-electron chi connectivity index (χ1n) is 8.36. The van der Waals surface area contributed by atoms with E-state index in [1.165, 1.54) is 4.90 Å². The number of rotatable bonds is 6. The minimum atomic E-state index is -0.669. The van der Waals surface area contributed by atoms with Gasteiger partial charge < -0.3 is 9.47 Å². The first-order valence-corrected chi connectivity index (χ1v) is 8.36. The summed E-state index contributed by atoms with van der Waals surface area (Å²) < 4.78 is 10.8. The monoisotopic (exact) mass is 335 g/mol. The van der Waals surface area contributed by atoms with Crippen molar-refractivity contribution in [1.29, 1.82) is 0 Å². The Balaban J connectivity index is 2.81. The Labute approximate surface area is 144 Å². The number of benzene rings is 1. The topological polar surface area (TPSA) is 55.8 Å². The maximum absolute atomic E-state index is 12.5. The third kappa shape index (κ3) is 6.22. The Morgan fingerprint density at radius 2 is 1.71 bits per heavy atom. The van der Waals surface area contributed by atoms with E-state index in [0.29, 0.717) is 6.54 Å². The summed E-state index contributed by atoms with van der Waals surface area (Å²) in [5.74, 6) is -0.486. The van der Waals surface area contributed by atoms with E-state index in [1.807, 2.05) is 71.9 Å². The van der Waals surface area contributed by atoms with Gasteiger partial charge in [0.15, 0.2) is 0 Å². The highest BCUT2D eigenvalue weighted by Gasteiger charge is 2.35. The van der Waals surface area contributed by atoms with Crippen LogP contribution in [0.1, 0.15) is 47.1 Å². The number of carbonyl (C=O) groups excluding carboxylic acids is 2. The average molecular weight is 335 g/mol. The molecule has 0 aliphatic rings. The highest BCUT2D eigenvalue weighted by molar-refractivity contribution is 5.82. The second kappa shape index (κ2) is 8.71. The van der Waals surface area contributed by atoms with Crippen molar-refractivity contribution in [3.05, 3.63) is 35.9 Å². The maximum Gasteiger partial charge on any atom is 0.410 e. The van der Waals surface area contributed by atoms with Gasteiger partial charge in [0.25, 0.3) is 0 Å². The zero-order valence-electron chi connectivity index (χ0n) is 15.5. The predicted octanol–water partition coefficient (Wildman–Crippen LogP) is 4.01. The largest absolute Gasteiger partial charge is 0.458 e. The normalized spacial score (nSPS) is 12.6. The van der Waals surface area contributed by atoms with Crippen LogP contribution in [0.4, 0.5) is 4.79 Å². The van der Waals surface area contributed by atoms with Crippen molar-refractivity contribution in [2.75, 3.05) is 6.54 Å². The summed E-state index contributed by atoms with van der Waals surface area (Å²) >= 11 is 0. The van der Waals surface area contributed by atoms with Crippen molar-refractivity contribution in [3.8, 4) is 0 Å². The summed E-state index contributed by atoms with van der Waals surface area (Å²) in [5.41, 5.74) is 0.303. The molecule has 134 valence electrons. The van der Waals surface area contributed by atoms with E-state index in [4.69, 9.17) is 9.47 Å². The van der Waals surface area contributed by atoms with Crippen LogP contribution in [0.25, 0.3) is 0 Å². The van der Waals surface area contributed by atoms with Gasteiger partial charge in [-0.15, -0.1) is 0 Å². The molecule has 0 spiro atoms. The van der Waals surface area contributed by atoms with Crippen molar-refractivity contribution < 1.29 is 19.1 Å². The van der Waals surface area contributed by atoms with E-state index in [0.717, 1.165) is 5.56 Å². The van der Waals surface area contributed by atoms with Crippen molar-refractivity contribution in [1.82, 2.24) is 4.90 Å². The van der Waals surface area contributed by atoms with Crippen molar-refractivity contribution >= 4 is 12.1 Å². The predicted molar refractivity (Wildman–Crippen MR) is 93.5 cm³/mol. The van der Waals surface area contributed by atoms with E-state index in [1.54, 1.807) is 0 Å². The van der Waals surface area contributed by atoms with Crippen molar-refractivity contribution in [3.63, 3.8) is 0 Å². The number of amides is 1. The summed E-state index contributed by atoms with van der Waals surface area (Å²) in [4.78, 5) is 26.4. The SMILES string of the molecule is CCN(C(=O)OCc1ccccc1)C(C(=O)OC(C)(C)C)C(C)C. The minimum Gasteiger partial charge on any atom is -0.458 e. The van der Waals surface area contributed by atoms with Gasteiger partial charge in [0.2, 0.25) is 0 Å². The fraction of sp³-hybridized carbons (Fsp3) is 0.579. The molecule has 0 aliphatic heterocycles. The molecule has 0 N–H and O–H groups in total. The van der Waals surface area contributed by atoms with Gasteiger partial charge in [-0.05, 0) is 39.2 Å². The van der Waals surface area contributed by atoms with Gasteiger partial charge in [-0.25, -0.2) is 9.59 Å². The Bertz CT molecular complexity index is 534. The van der Waals surface area contributed by atoms with Gasteiger partial charge in [-0.1, -0.05) is 44.2 Å². The summed E-state index contributed by atoms with van der Waals surface area (Å²) in [6.45, 7) is 11.6. The van der Waals surface area contributed by atoms with E-state index < -0.39 is 23.7 Å². The molecule has 0 bridgehead atoms. The number of nitrogens with zero attached hydrogens (tertiary/aromatic N) is 1. The first-order chi connectivity index (χ1) is 11.2. The molecule has 0 heterocycles. The second-order valence-corrected chi connectivity index (χ2v) is 7.05. The highest BCUT2D eigenvalue weighted by atomic mass is 16.6. The first kappa shape index (κ1) is 20.0. The molecule has 1 aromatic carbocycles. The minimum absolute atomic E-state index is 0.0796. The lowest BCUT2D eigenvalue weighted by Crippen LogP contribution is -2.50. The molecule has 1 atom stereocenters. The number of hydrogen-bond acceptors (Lipinski definition) is 4. The van der Waals surface area contributed by atoms with Crippen LogP contribution in [-0.4, -0.2) is 35.2 Å². The molecule has 0 aliphatic carbocycles. The average Bonchev–Trinajstić information content (AvgIpc) is 2.48. The molecule has 0 fully saturated rings. The Kier molecular flexibility index (Phi) is 7.26. The fourth-order valence-electron chi connectivity index (χ4n) is 2.36. The van der Waals surface area contributed by atoms with Crippen molar-refractivity contribution in [2.24, 2.45) is 5.92 Å². The number of ether oxygens (including phenoxy) is 2. The molecule has 0 saturated heterocycles. The second-order valence-electron chi connectivity index (χ2n) is 7.05. The van der Waals surface area contributed by atoms with Crippen LogP contribution in [0, 0.1) is 5.92 Å². The highest BCUT2D eigenvalue weighted by Crippen LogP contribution is 2.18. The molecular formula is C19H29NO4. The smallest absolute Gasteiger partial charge is 0.410 e. The molecule has 1 rings (SSSR count). The molecule has 0 saturated carbocycles. The van der Waals surface area contributed by atoms with Crippen LogP contribution >= 0.6 is 0 Å². The third-order valence-corrected chi connectivity index (χ3v) is 3.40. The molecule has 24 heavy (non-hydrogen) atoms. The lowest BCUT2D eigenvalue weighted by molar-refractivity contribution is -0.162. The molecule has 1 unspecified atom stereocenters. The Morgan fingerprint density at radius 1 is 1.12 bits per heavy atom. The summed E-state index contributed by atoms with van der Waals surface area (Å²) in [6, 6.07) is 8.78. The number of hydrogen-bond donors (Lipinski definition) is 0. The number of carbonyl (C=O) groups is 2. The summed E-state index contributed by atoms with van der Waals surface area (Å²) in [6.07, 6.45) is -0.508. The molecule has 1 amide bonds. The standard InChI is InChI=1S/C19H29NO4/c1-7-20(16(14(2)3)17(21)24-19(4,5)6)18(22)23-13-15-11-9-8-10-12-15/h8-12,14,16H,7,13H2,1-6H3. The van der Waals surface area contributed by atoms with Gasteiger partial charge in [0.1, 0.15) is 18.2 Å². The molecule has 0 radical (unpaired) electrons. The van der Waals surface area contributed by atoms with Crippen LogP contribution in [0.5, 0.6) is 0 Å². The van der Waals surface area contributed by atoms with E-state index in [2.05, 4.69) is 0 Å². The number of esters is 1. The quantitative estimate of drug-likeness (QED) is 0.737. The van der Waals surface area contributed by atoms with Crippen LogP contribution in [0.15, 0.2) is 30.3 Å². The Morgan fingerprint density at radius 3 is 2.17 bits per heavy atom. The molecular weight excluding hydrogens is 306 g/mol. The number of likely N-dealkylation sites (N-methyl/N-ethyl adjacent to an activating group) is 1. The van der Waals surface area contributed by atoms with E-state index >= 15 is 0 Å². The van der Waals surface area contributed by atoms with Crippen LogP contribution in [0.2, 0.25) is 0 Å². The summed E-state index contributed by atoms with van der Waals surface area (Å²) in [5, 5.41) is 0. The van der Waals surface area contributed by atoms with Gasteiger partial charge >= 0.3 is 12.1 Å². The van der Waals surface area contributed by atoms with Gasteiger partial charge in [0, 0.05) is 6.54 Å². The zero-order valence-corrected chi connectivity index (χ0v) is 15.5. The van der Waals surface area contributed by atoms with Crippen molar-refractivity contribution in [2.45, 2.75) is 59.8 Å². The fourth-order valence-corrected chi connectivity index (χ4v) is 2.36. The lowest BCUT2D eigenvalue weighted by Gasteiger charge is -2.33. The van der Waals surface area contributed by atoms with E-state index in [-0.39, 0.29) is 12.5 Å². The van der Waals surface area contributed by atoms with Gasteiger partial charge in [0.05, 0.1) is 0 Å². The maximum atomic E-state index is 12.5.